The Hall–Kier alpha value is -0.930. The Morgan fingerprint density at radius 1 is 1.31 bits per heavy atom. The van der Waals surface area contributed by atoms with Gasteiger partial charge >= 0.3 is 0 Å². The summed E-state index contributed by atoms with van der Waals surface area (Å²) >= 11 is 0. The zero-order valence-electron chi connectivity index (χ0n) is 10.6. The quantitative estimate of drug-likeness (QED) is 0.767. The first-order valence-corrected chi connectivity index (χ1v) is 6.06. The van der Waals surface area contributed by atoms with E-state index in [1.807, 2.05) is 26.1 Å². The maximum atomic E-state index is 5.30. The molecule has 16 heavy (non-hydrogen) atoms. The molecule has 1 aromatic rings. The first kappa shape index (κ1) is 13.1. The smallest absolute Gasteiger partial charge is 0.0594 e. The fourth-order valence-electron chi connectivity index (χ4n) is 1.67. The fraction of sp³-hybridized carbons (Fsp3) is 0.615. The summed E-state index contributed by atoms with van der Waals surface area (Å²) < 4.78 is 5.30. The van der Waals surface area contributed by atoms with Crippen LogP contribution in [-0.4, -0.2) is 36.2 Å². The molecule has 0 N–H and O–H groups in total. The predicted molar refractivity (Wildman–Crippen MR) is 66.4 cm³/mol. The number of pyridine rings is 1. The van der Waals surface area contributed by atoms with Crippen LogP contribution in [0, 0.1) is 6.92 Å². The minimum atomic E-state index is 0.853. The maximum Gasteiger partial charge on any atom is 0.0594 e. The van der Waals surface area contributed by atoms with Gasteiger partial charge in [-0.2, -0.15) is 0 Å². The molecule has 0 aliphatic carbocycles. The lowest BCUT2D eigenvalue weighted by atomic mass is 10.2. The second-order valence-corrected chi connectivity index (χ2v) is 3.71. The standard InChI is InChI=1S/C11H16N2O.C2H6/c1-10-2-3-12-11(8-10)9-13-4-6-14-7-5-13;1-2/h2-3,8H,4-7,9H2,1H3;1-2H3. The van der Waals surface area contributed by atoms with Crippen LogP contribution >= 0.6 is 0 Å². The summed E-state index contributed by atoms with van der Waals surface area (Å²) in [6.07, 6.45) is 1.88. The van der Waals surface area contributed by atoms with Crippen molar-refractivity contribution in [3.05, 3.63) is 29.6 Å². The van der Waals surface area contributed by atoms with Crippen LogP contribution < -0.4 is 0 Å². The van der Waals surface area contributed by atoms with E-state index in [-0.39, 0.29) is 0 Å². The lowest BCUT2D eigenvalue weighted by Crippen LogP contribution is -2.35. The van der Waals surface area contributed by atoms with E-state index >= 15 is 0 Å². The molecule has 1 fully saturated rings. The number of morpholine rings is 1. The van der Waals surface area contributed by atoms with Gasteiger partial charge in [-0.15, -0.1) is 0 Å². The molecule has 90 valence electrons. The van der Waals surface area contributed by atoms with Gasteiger partial charge in [0.1, 0.15) is 0 Å². The molecule has 0 atom stereocenters. The van der Waals surface area contributed by atoms with Crippen molar-refractivity contribution in [1.29, 1.82) is 0 Å². The van der Waals surface area contributed by atoms with E-state index in [1.54, 1.807) is 0 Å². The predicted octanol–water partition coefficient (Wildman–Crippen LogP) is 2.25. The molecular formula is C13H22N2O. The van der Waals surface area contributed by atoms with E-state index < -0.39 is 0 Å². The highest BCUT2D eigenvalue weighted by Crippen LogP contribution is 2.06. The number of rotatable bonds is 2. The third-order valence-electron chi connectivity index (χ3n) is 2.46. The average molecular weight is 222 g/mol. The summed E-state index contributed by atoms with van der Waals surface area (Å²) in [6, 6.07) is 4.18. The van der Waals surface area contributed by atoms with Crippen molar-refractivity contribution in [3.63, 3.8) is 0 Å². The molecule has 0 unspecified atom stereocenters. The molecule has 0 spiro atoms. The van der Waals surface area contributed by atoms with Crippen LogP contribution in [0.4, 0.5) is 0 Å². The van der Waals surface area contributed by atoms with Crippen molar-refractivity contribution >= 4 is 0 Å². The summed E-state index contributed by atoms with van der Waals surface area (Å²) in [5.41, 5.74) is 2.44. The topological polar surface area (TPSA) is 25.4 Å². The van der Waals surface area contributed by atoms with E-state index in [0.717, 1.165) is 38.5 Å². The summed E-state index contributed by atoms with van der Waals surface area (Å²) in [5, 5.41) is 0. The Labute approximate surface area is 98.4 Å². The maximum absolute atomic E-state index is 5.30. The van der Waals surface area contributed by atoms with Crippen LogP contribution in [0.2, 0.25) is 0 Å². The van der Waals surface area contributed by atoms with E-state index in [1.165, 1.54) is 5.56 Å². The molecule has 0 amide bonds. The van der Waals surface area contributed by atoms with Crippen LogP contribution in [0.15, 0.2) is 18.3 Å². The monoisotopic (exact) mass is 222 g/mol. The van der Waals surface area contributed by atoms with Gasteiger partial charge in [-0.25, -0.2) is 0 Å². The highest BCUT2D eigenvalue weighted by molar-refractivity contribution is 5.14. The molecule has 0 aromatic carbocycles. The molecule has 1 aliphatic heterocycles. The number of hydrogen-bond donors (Lipinski definition) is 0. The van der Waals surface area contributed by atoms with Crippen molar-refractivity contribution in [2.45, 2.75) is 27.3 Å². The molecular weight excluding hydrogens is 200 g/mol. The summed E-state index contributed by atoms with van der Waals surface area (Å²) in [7, 11) is 0. The van der Waals surface area contributed by atoms with Crippen LogP contribution in [-0.2, 0) is 11.3 Å². The highest BCUT2D eigenvalue weighted by atomic mass is 16.5. The van der Waals surface area contributed by atoms with Gasteiger partial charge in [0.25, 0.3) is 0 Å². The third-order valence-corrected chi connectivity index (χ3v) is 2.46. The van der Waals surface area contributed by atoms with Gasteiger partial charge in [-0.3, -0.25) is 9.88 Å². The van der Waals surface area contributed by atoms with Crippen LogP contribution in [0.1, 0.15) is 25.1 Å². The number of aryl methyl sites for hydroxylation is 1. The van der Waals surface area contributed by atoms with E-state index in [9.17, 15) is 0 Å². The van der Waals surface area contributed by atoms with Crippen molar-refractivity contribution < 1.29 is 4.74 Å². The van der Waals surface area contributed by atoms with Gasteiger partial charge in [0.05, 0.1) is 18.9 Å². The Morgan fingerprint density at radius 2 is 2.00 bits per heavy atom. The lowest BCUT2D eigenvalue weighted by Gasteiger charge is -2.26. The second kappa shape index (κ2) is 7.36. The SMILES string of the molecule is CC.Cc1ccnc(CN2CCOCC2)c1. The molecule has 2 rings (SSSR count). The molecule has 1 aliphatic rings. The fourth-order valence-corrected chi connectivity index (χ4v) is 1.67. The second-order valence-electron chi connectivity index (χ2n) is 3.71. The highest BCUT2D eigenvalue weighted by Gasteiger charge is 2.10. The number of aromatic nitrogens is 1. The van der Waals surface area contributed by atoms with Crippen molar-refractivity contribution in [3.8, 4) is 0 Å². The van der Waals surface area contributed by atoms with Crippen molar-refractivity contribution in [2.24, 2.45) is 0 Å². The summed E-state index contributed by atoms with van der Waals surface area (Å²) in [5.74, 6) is 0. The zero-order valence-corrected chi connectivity index (χ0v) is 10.6. The Morgan fingerprint density at radius 3 is 2.62 bits per heavy atom. The van der Waals surface area contributed by atoms with Gasteiger partial charge in [0.15, 0.2) is 0 Å². The minimum Gasteiger partial charge on any atom is -0.379 e. The Bertz CT molecular complexity index is 296. The van der Waals surface area contributed by atoms with Crippen molar-refractivity contribution in [1.82, 2.24) is 9.88 Å². The zero-order chi connectivity index (χ0) is 11.8. The van der Waals surface area contributed by atoms with E-state index in [0.29, 0.717) is 0 Å². The largest absolute Gasteiger partial charge is 0.379 e. The molecule has 0 saturated carbocycles. The van der Waals surface area contributed by atoms with Crippen LogP contribution in [0.5, 0.6) is 0 Å². The summed E-state index contributed by atoms with van der Waals surface area (Å²) in [4.78, 5) is 6.73. The van der Waals surface area contributed by atoms with Gasteiger partial charge < -0.3 is 4.74 Å². The molecule has 1 saturated heterocycles. The van der Waals surface area contributed by atoms with E-state index in [4.69, 9.17) is 4.74 Å². The van der Waals surface area contributed by atoms with Crippen LogP contribution in [0.25, 0.3) is 0 Å². The molecule has 1 aromatic heterocycles. The van der Waals surface area contributed by atoms with Gasteiger partial charge in [0, 0.05) is 25.8 Å². The molecule has 0 radical (unpaired) electrons. The lowest BCUT2D eigenvalue weighted by molar-refractivity contribution is 0.0336. The first-order chi connectivity index (χ1) is 7.84. The van der Waals surface area contributed by atoms with Gasteiger partial charge in [-0.05, 0) is 24.6 Å². The molecule has 2 heterocycles. The number of ether oxygens (including phenoxy) is 1. The van der Waals surface area contributed by atoms with Crippen molar-refractivity contribution in [2.75, 3.05) is 26.3 Å². The average Bonchev–Trinajstić information content (AvgIpc) is 2.33. The number of nitrogens with zero attached hydrogens (tertiary/aromatic N) is 2. The Kier molecular flexibility index (Phi) is 6.04. The molecule has 3 heteroatoms. The normalized spacial score (nSPS) is 16.4. The molecule has 3 nitrogen and oxygen atoms in total. The van der Waals surface area contributed by atoms with Crippen LogP contribution in [0.3, 0.4) is 0 Å². The number of hydrogen-bond acceptors (Lipinski definition) is 3. The minimum absolute atomic E-state index is 0.853. The summed E-state index contributed by atoms with van der Waals surface area (Å²) in [6.45, 7) is 10.8. The van der Waals surface area contributed by atoms with E-state index in [2.05, 4.69) is 22.9 Å². The first-order valence-electron chi connectivity index (χ1n) is 6.06. The van der Waals surface area contributed by atoms with Gasteiger partial charge in [-0.1, -0.05) is 13.8 Å². The van der Waals surface area contributed by atoms with Gasteiger partial charge in [0.2, 0.25) is 0 Å². The molecule has 0 bridgehead atoms. The Balaban J connectivity index is 0.000000606. The third kappa shape index (κ3) is 4.29.